The van der Waals surface area contributed by atoms with Crippen molar-refractivity contribution in [2.24, 2.45) is 0 Å². The van der Waals surface area contributed by atoms with Crippen LogP contribution in [0.4, 0.5) is 5.88 Å². The van der Waals surface area contributed by atoms with Crippen molar-refractivity contribution in [1.29, 1.82) is 0 Å². The molecule has 0 fully saturated rings. The van der Waals surface area contributed by atoms with Crippen LogP contribution in [0.25, 0.3) is 0 Å². The molecular formula is C19H19ClN2O6. The van der Waals surface area contributed by atoms with Crippen molar-refractivity contribution in [2.45, 2.75) is 20.8 Å². The van der Waals surface area contributed by atoms with Crippen molar-refractivity contribution >= 4 is 41.1 Å². The Bertz CT molecular complexity index is 917. The van der Waals surface area contributed by atoms with E-state index in [1.54, 1.807) is 19.1 Å². The number of anilines is 1. The number of hydrogen-bond donors (Lipinski definition) is 2. The fourth-order valence-electron chi connectivity index (χ4n) is 2.49. The molecule has 148 valence electrons. The molecule has 0 aliphatic rings. The molecule has 0 unspecified atom stereocenters. The topological polar surface area (TPSA) is 115 Å². The lowest BCUT2D eigenvalue weighted by molar-refractivity contribution is -0.115. The first kappa shape index (κ1) is 21.2. The van der Waals surface area contributed by atoms with Gasteiger partial charge in [-0.2, -0.15) is 0 Å². The van der Waals surface area contributed by atoms with Gasteiger partial charge in [-0.1, -0.05) is 11.6 Å². The molecule has 1 aromatic carbocycles. The van der Waals surface area contributed by atoms with E-state index in [0.717, 1.165) is 0 Å². The van der Waals surface area contributed by atoms with Gasteiger partial charge in [0.25, 0.3) is 5.91 Å². The highest BCUT2D eigenvalue weighted by Crippen LogP contribution is 2.28. The molecule has 0 aliphatic heterocycles. The standard InChI is InChI=1S/C19H19ClN2O6/c1-4-27-19(26)16-15(10(2)23)11(3)28-18(16)22-14(24)9-21-17(25)12-5-7-13(20)8-6-12/h5-8H,4,9H2,1-3H3,(H,21,25)(H,22,24). The summed E-state index contributed by atoms with van der Waals surface area (Å²) in [6, 6.07) is 6.14. The van der Waals surface area contributed by atoms with E-state index in [2.05, 4.69) is 10.6 Å². The number of carbonyl (C=O) groups excluding carboxylic acids is 4. The number of nitrogens with one attached hydrogen (secondary N) is 2. The number of ether oxygens (including phenoxy) is 1. The van der Waals surface area contributed by atoms with Gasteiger partial charge in [0.1, 0.15) is 11.3 Å². The summed E-state index contributed by atoms with van der Waals surface area (Å²) >= 11 is 5.77. The third kappa shape index (κ3) is 4.98. The number of hydrogen-bond acceptors (Lipinski definition) is 6. The molecule has 2 rings (SSSR count). The summed E-state index contributed by atoms with van der Waals surface area (Å²) in [5.41, 5.74) is 0.222. The lowest BCUT2D eigenvalue weighted by atomic mass is 10.1. The van der Waals surface area contributed by atoms with Gasteiger partial charge in [-0.25, -0.2) is 4.79 Å². The number of aryl methyl sites for hydroxylation is 1. The molecule has 1 aromatic heterocycles. The average molecular weight is 407 g/mol. The number of ketones is 1. The van der Waals surface area contributed by atoms with Crippen molar-refractivity contribution in [3.05, 3.63) is 51.7 Å². The van der Waals surface area contributed by atoms with Crippen LogP contribution in [0.5, 0.6) is 0 Å². The first-order chi connectivity index (χ1) is 13.2. The van der Waals surface area contributed by atoms with E-state index < -0.39 is 23.6 Å². The highest BCUT2D eigenvalue weighted by atomic mass is 35.5. The first-order valence-electron chi connectivity index (χ1n) is 8.39. The highest BCUT2D eigenvalue weighted by Gasteiger charge is 2.28. The van der Waals surface area contributed by atoms with Gasteiger partial charge in [0, 0.05) is 10.6 Å². The second kappa shape index (κ2) is 9.18. The van der Waals surface area contributed by atoms with Gasteiger partial charge in [0.05, 0.1) is 18.7 Å². The molecule has 2 N–H and O–H groups in total. The van der Waals surface area contributed by atoms with Crippen LogP contribution in [0.3, 0.4) is 0 Å². The molecule has 0 spiro atoms. The van der Waals surface area contributed by atoms with E-state index >= 15 is 0 Å². The molecule has 0 saturated heterocycles. The minimum absolute atomic E-state index is 0.0407. The molecule has 9 heteroatoms. The van der Waals surface area contributed by atoms with Crippen molar-refractivity contribution < 1.29 is 28.3 Å². The summed E-state index contributed by atoms with van der Waals surface area (Å²) in [6.07, 6.45) is 0. The second-order valence-corrected chi connectivity index (χ2v) is 6.19. The Balaban J connectivity index is 2.11. The molecule has 0 atom stereocenters. The monoisotopic (exact) mass is 406 g/mol. The number of esters is 1. The van der Waals surface area contributed by atoms with Crippen molar-refractivity contribution in [1.82, 2.24) is 5.32 Å². The lowest BCUT2D eigenvalue weighted by Crippen LogP contribution is -2.33. The summed E-state index contributed by atoms with van der Waals surface area (Å²) < 4.78 is 10.3. The predicted molar refractivity (Wildman–Crippen MR) is 102 cm³/mol. The third-order valence-electron chi connectivity index (χ3n) is 3.68. The van der Waals surface area contributed by atoms with Crippen LogP contribution in [0, 0.1) is 6.92 Å². The Hall–Kier alpha value is -3.13. The maximum atomic E-state index is 12.2. The number of furan rings is 1. The molecule has 0 radical (unpaired) electrons. The first-order valence-corrected chi connectivity index (χ1v) is 8.77. The molecule has 2 aromatic rings. The van der Waals surface area contributed by atoms with Gasteiger partial charge in [0.15, 0.2) is 5.78 Å². The minimum Gasteiger partial charge on any atom is -0.462 e. The van der Waals surface area contributed by atoms with Gasteiger partial charge in [-0.05, 0) is 45.0 Å². The van der Waals surface area contributed by atoms with Gasteiger partial charge in [0.2, 0.25) is 11.8 Å². The largest absolute Gasteiger partial charge is 0.462 e. The smallest absolute Gasteiger partial charge is 0.344 e. The molecule has 1 heterocycles. The molecule has 28 heavy (non-hydrogen) atoms. The number of Topliss-reactive ketones (excluding diaryl/α,β-unsaturated/α-hetero) is 1. The SMILES string of the molecule is CCOC(=O)c1c(NC(=O)CNC(=O)c2ccc(Cl)cc2)oc(C)c1C(C)=O. The van der Waals surface area contributed by atoms with E-state index in [1.807, 2.05) is 0 Å². The summed E-state index contributed by atoms with van der Waals surface area (Å²) in [4.78, 5) is 48.3. The van der Waals surface area contributed by atoms with E-state index in [9.17, 15) is 19.2 Å². The molecular weight excluding hydrogens is 388 g/mol. The van der Waals surface area contributed by atoms with E-state index in [4.69, 9.17) is 20.8 Å². The number of carbonyl (C=O) groups is 4. The summed E-state index contributed by atoms with van der Waals surface area (Å²) in [5, 5.41) is 5.31. The van der Waals surface area contributed by atoms with Crippen molar-refractivity contribution in [3.63, 3.8) is 0 Å². The Morgan fingerprint density at radius 3 is 2.32 bits per heavy atom. The van der Waals surface area contributed by atoms with E-state index in [-0.39, 0.29) is 35.9 Å². The normalized spacial score (nSPS) is 10.3. The molecule has 0 saturated carbocycles. The van der Waals surface area contributed by atoms with Gasteiger partial charge < -0.3 is 14.5 Å². The Labute approximate surface area is 166 Å². The zero-order valence-electron chi connectivity index (χ0n) is 15.6. The fraction of sp³-hybridized carbons (Fsp3) is 0.263. The zero-order chi connectivity index (χ0) is 20.8. The zero-order valence-corrected chi connectivity index (χ0v) is 16.3. The Morgan fingerprint density at radius 1 is 1.11 bits per heavy atom. The number of amides is 2. The predicted octanol–water partition coefficient (Wildman–Crippen LogP) is 2.99. The summed E-state index contributed by atoms with van der Waals surface area (Å²) in [7, 11) is 0. The van der Waals surface area contributed by atoms with Gasteiger partial charge >= 0.3 is 5.97 Å². The number of halogens is 1. The van der Waals surface area contributed by atoms with Crippen molar-refractivity contribution in [2.75, 3.05) is 18.5 Å². The number of rotatable bonds is 7. The van der Waals surface area contributed by atoms with Crippen LogP contribution in [0.2, 0.25) is 5.02 Å². The molecule has 8 nitrogen and oxygen atoms in total. The van der Waals surface area contributed by atoms with E-state index in [1.165, 1.54) is 26.0 Å². The molecule has 2 amide bonds. The van der Waals surface area contributed by atoms with Gasteiger partial charge in [-0.3, -0.25) is 19.7 Å². The maximum Gasteiger partial charge on any atom is 0.344 e. The minimum atomic E-state index is -0.787. The van der Waals surface area contributed by atoms with Crippen molar-refractivity contribution in [3.8, 4) is 0 Å². The summed E-state index contributed by atoms with van der Waals surface area (Å²) in [5.74, 6) is -2.33. The molecule has 0 bridgehead atoms. The highest BCUT2D eigenvalue weighted by molar-refractivity contribution is 6.30. The van der Waals surface area contributed by atoms with E-state index in [0.29, 0.717) is 10.6 Å². The Kier molecular flexibility index (Phi) is 6.94. The fourth-order valence-corrected chi connectivity index (χ4v) is 2.62. The van der Waals surface area contributed by atoms with Crippen LogP contribution in [-0.4, -0.2) is 36.7 Å². The summed E-state index contributed by atoms with van der Waals surface area (Å²) in [6.45, 7) is 4.10. The van der Waals surface area contributed by atoms with Crippen LogP contribution in [0.1, 0.15) is 50.7 Å². The van der Waals surface area contributed by atoms with Crippen LogP contribution in [0.15, 0.2) is 28.7 Å². The maximum absolute atomic E-state index is 12.2. The third-order valence-corrected chi connectivity index (χ3v) is 3.94. The quantitative estimate of drug-likeness (QED) is 0.539. The van der Waals surface area contributed by atoms with Crippen LogP contribution < -0.4 is 10.6 Å². The second-order valence-electron chi connectivity index (χ2n) is 5.75. The average Bonchev–Trinajstić information content (AvgIpc) is 2.96. The number of benzene rings is 1. The van der Waals surface area contributed by atoms with Crippen LogP contribution in [-0.2, 0) is 9.53 Å². The van der Waals surface area contributed by atoms with Gasteiger partial charge in [-0.15, -0.1) is 0 Å². The molecule has 0 aliphatic carbocycles. The Morgan fingerprint density at radius 2 is 1.75 bits per heavy atom. The lowest BCUT2D eigenvalue weighted by Gasteiger charge is -2.07. The van der Waals surface area contributed by atoms with Crippen LogP contribution >= 0.6 is 11.6 Å².